The summed E-state index contributed by atoms with van der Waals surface area (Å²) in [6, 6.07) is 6.21. The molecule has 1 aliphatic carbocycles. The van der Waals surface area contributed by atoms with Crippen LogP contribution in [0.1, 0.15) is 62.8 Å². The number of hydrogen-bond acceptors (Lipinski definition) is 3. The fraction of sp³-hybridized carbons (Fsp3) is 0.500. The third-order valence-electron chi connectivity index (χ3n) is 5.63. The van der Waals surface area contributed by atoms with Gasteiger partial charge >= 0.3 is 0 Å². The van der Waals surface area contributed by atoms with Crippen LogP contribution < -0.4 is 5.32 Å². The van der Waals surface area contributed by atoms with Gasteiger partial charge in [-0.2, -0.15) is 0 Å². The molecular weight excluding hydrogens is 410 g/mol. The van der Waals surface area contributed by atoms with Gasteiger partial charge in [0.15, 0.2) is 0 Å². The van der Waals surface area contributed by atoms with Crippen molar-refractivity contribution in [3.8, 4) is 0 Å². The van der Waals surface area contributed by atoms with Crippen LogP contribution >= 0.6 is 15.9 Å². The second-order valence-electron chi connectivity index (χ2n) is 7.98. The van der Waals surface area contributed by atoms with Crippen molar-refractivity contribution >= 4 is 27.6 Å². The molecule has 3 rings (SSSR count). The molecule has 1 N–H and O–H groups in total. The van der Waals surface area contributed by atoms with Crippen LogP contribution in [0.2, 0.25) is 0 Å². The SMILES string of the molecule is C=C(C)[C@H]1CCCC1CCC.Cc1ccc(Nc2ncc(Br)c(C)n2)cc1C. The van der Waals surface area contributed by atoms with Gasteiger partial charge in [0.1, 0.15) is 0 Å². The molecule has 1 saturated carbocycles. The zero-order valence-corrected chi connectivity index (χ0v) is 19.6. The normalized spacial score (nSPS) is 18.4. The van der Waals surface area contributed by atoms with Crippen molar-refractivity contribution in [1.82, 2.24) is 9.97 Å². The number of aryl methyl sites for hydroxylation is 3. The van der Waals surface area contributed by atoms with Crippen molar-refractivity contribution in [1.29, 1.82) is 0 Å². The molecule has 28 heavy (non-hydrogen) atoms. The molecule has 4 heteroatoms. The minimum absolute atomic E-state index is 0.619. The number of aromatic nitrogens is 2. The smallest absolute Gasteiger partial charge is 0.227 e. The third-order valence-corrected chi connectivity index (χ3v) is 6.41. The molecule has 0 amide bonds. The van der Waals surface area contributed by atoms with Crippen LogP contribution in [0.25, 0.3) is 0 Å². The van der Waals surface area contributed by atoms with E-state index in [0.717, 1.165) is 27.7 Å². The highest BCUT2D eigenvalue weighted by molar-refractivity contribution is 9.10. The molecule has 1 unspecified atom stereocenters. The Morgan fingerprint density at radius 1 is 1.21 bits per heavy atom. The van der Waals surface area contributed by atoms with Crippen molar-refractivity contribution in [2.24, 2.45) is 11.8 Å². The van der Waals surface area contributed by atoms with Crippen molar-refractivity contribution in [3.05, 3.63) is 57.8 Å². The average molecular weight is 444 g/mol. The van der Waals surface area contributed by atoms with Gasteiger partial charge in [0.2, 0.25) is 5.95 Å². The van der Waals surface area contributed by atoms with Gasteiger partial charge < -0.3 is 5.32 Å². The molecule has 0 bridgehead atoms. The third kappa shape index (κ3) is 6.44. The maximum atomic E-state index is 4.35. The molecule has 3 nitrogen and oxygen atoms in total. The predicted molar refractivity (Wildman–Crippen MR) is 124 cm³/mol. The van der Waals surface area contributed by atoms with Crippen LogP contribution in [-0.2, 0) is 0 Å². The summed E-state index contributed by atoms with van der Waals surface area (Å²) in [5.74, 6) is 2.45. The van der Waals surface area contributed by atoms with E-state index in [9.17, 15) is 0 Å². The van der Waals surface area contributed by atoms with Crippen LogP contribution in [0.4, 0.5) is 11.6 Å². The Morgan fingerprint density at radius 3 is 2.57 bits per heavy atom. The maximum Gasteiger partial charge on any atom is 0.227 e. The van der Waals surface area contributed by atoms with E-state index in [-0.39, 0.29) is 0 Å². The van der Waals surface area contributed by atoms with Gasteiger partial charge in [0, 0.05) is 11.9 Å². The zero-order valence-electron chi connectivity index (χ0n) is 18.0. The van der Waals surface area contributed by atoms with E-state index in [1.165, 1.54) is 48.8 Å². The van der Waals surface area contributed by atoms with Gasteiger partial charge in [-0.15, -0.1) is 0 Å². The van der Waals surface area contributed by atoms with Gasteiger partial charge in [0.25, 0.3) is 0 Å². The van der Waals surface area contributed by atoms with E-state index in [0.29, 0.717) is 5.95 Å². The Bertz CT molecular complexity index is 751. The van der Waals surface area contributed by atoms with Crippen LogP contribution in [0.15, 0.2) is 41.0 Å². The van der Waals surface area contributed by atoms with Crippen LogP contribution in [0.3, 0.4) is 0 Å². The highest BCUT2D eigenvalue weighted by Gasteiger charge is 2.26. The Hall–Kier alpha value is -1.68. The Balaban J connectivity index is 0.000000221. The second-order valence-corrected chi connectivity index (χ2v) is 8.84. The summed E-state index contributed by atoms with van der Waals surface area (Å²) in [5.41, 5.74) is 5.88. The van der Waals surface area contributed by atoms with Crippen molar-refractivity contribution < 1.29 is 0 Å². The molecule has 0 spiro atoms. The van der Waals surface area contributed by atoms with Gasteiger partial charge in [-0.05, 0) is 91.6 Å². The highest BCUT2D eigenvalue weighted by atomic mass is 79.9. The Labute approximate surface area is 179 Å². The number of halogens is 1. The maximum absolute atomic E-state index is 4.35. The molecule has 0 saturated heterocycles. The number of hydrogen-bond donors (Lipinski definition) is 1. The molecule has 1 fully saturated rings. The first-order valence-electron chi connectivity index (χ1n) is 10.3. The summed E-state index contributed by atoms with van der Waals surface area (Å²) in [4.78, 5) is 8.57. The lowest BCUT2D eigenvalue weighted by atomic mass is 9.87. The molecular formula is C24H34BrN3. The molecule has 0 radical (unpaired) electrons. The number of nitrogens with one attached hydrogen (secondary N) is 1. The van der Waals surface area contributed by atoms with E-state index in [2.05, 4.69) is 77.6 Å². The lowest BCUT2D eigenvalue weighted by Gasteiger charge is -2.18. The van der Waals surface area contributed by atoms with E-state index in [1.54, 1.807) is 6.20 Å². The lowest BCUT2D eigenvalue weighted by Crippen LogP contribution is -2.07. The van der Waals surface area contributed by atoms with Gasteiger partial charge in [-0.3, -0.25) is 0 Å². The predicted octanol–water partition coefficient (Wildman–Crippen LogP) is 7.69. The standard InChI is InChI=1S/C13H14BrN3.C11H20/c1-8-4-5-11(6-9(8)2)17-13-15-7-12(14)10(3)16-13;1-4-6-10-7-5-8-11(10)9(2)3/h4-7H,1-3H3,(H,15,16,17);10-11H,2,4-8H2,1,3H3/t;10?,11-/m.1/s1. The Kier molecular flexibility index (Phi) is 8.68. The average Bonchev–Trinajstić information content (AvgIpc) is 3.11. The highest BCUT2D eigenvalue weighted by Crippen LogP contribution is 2.38. The summed E-state index contributed by atoms with van der Waals surface area (Å²) in [5, 5.41) is 3.20. The van der Waals surface area contributed by atoms with E-state index < -0.39 is 0 Å². The summed E-state index contributed by atoms with van der Waals surface area (Å²) >= 11 is 3.38. The van der Waals surface area contributed by atoms with Crippen molar-refractivity contribution in [3.63, 3.8) is 0 Å². The van der Waals surface area contributed by atoms with E-state index >= 15 is 0 Å². The lowest BCUT2D eigenvalue weighted by molar-refractivity contribution is 0.406. The van der Waals surface area contributed by atoms with E-state index in [1.807, 2.05) is 13.0 Å². The number of rotatable bonds is 5. The summed E-state index contributed by atoms with van der Waals surface area (Å²) in [6.07, 6.45) is 8.80. The molecule has 0 aliphatic heterocycles. The first-order chi connectivity index (χ1) is 13.3. The number of benzene rings is 1. The summed E-state index contributed by atoms with van der Waals surface area (Å²) in [6.45, 7) is 14.7. The summed E-state index contributed by atoms with van der Waals surface area (Å²) < 4.78 is 0.920. The monoisotopic (exact) mass is 443 g/mol. The molecule has 1 aliphatic rings. The fourth-order valence-electron chi connectivity index (χ4n) is 3.86. The minimum Gasteiger partial charge on any atom is -0.324 e. The molecule has 1 aromatic heterocycles. The summed E-state index contributed by atoms with van der Waals surface area (Å²) in [7, 11) is 0. The molecule has 1 heterocycles. The Morgan fingerprint density at radius 2 is 1.96 bits per heavy atom. The number of anilines is 2. The van der Waals surface area contributed by atoms with Crippen LogP contribution in [-0.4, -0.2) is 9.97 Å². The van der Waals surface area contributed by atoms with Gasteiger partial charge in [0.05, 0.1) is 10.2 Å². The second kappa shape index (κ2) is 10.8. The minimum atomic E-state index is 0.619. The van der Waals surface area contributed by atoms with Crippen molar-refractivity contribution in [2.75, 3.05) is 5.32 Å². The van der Waals surface area contributed by atoms with E-state index in [4.69, 9.17) is 0 Å². The molecule has 2 aromatic rings. The largest absolute Gasteiger partial charge is 0.324 e. The van der Waals surface area contributed by atoms with Crippen LogP contribution in [0.5, 0.6) is 0 Å². The van der Waals surface area contributed by atoms with Crippen LogP contribution in [0, 0.1) is 32.6 Å². The first kappa shape index (κ1) is 22.6. The quantitative estimate of drug-likeness (QED) is 0.481. The number of nitrogens with zero attached hydrogens (tertiary/aromatic N) is 2. The zero-order chi connectivity index (χ0) is 20.7. The van der Waals surface area contributed by atoms with Gasteiger partial charge in [-0.25, -0.2) is 9.97 Å². The molecule has 1 aromatic carbocycles. The molecule has 2 atom stereocenters. The van der Waals surface area contributed by atoms with Gasteiger partial charge in [-0.1, -0.05) is 44.4 Å². The fourth-order valence-corrected chi connectivity index (χ4v) is 4.05. The first-order valence-corrected chi connectivity index (χ1v) is 11.1. The molecule has 152 valence electrons. The topological polar surface area (TPSA) is 37.8 Å². The van der Waals surface area contributed by atoms with Crippen molar-refractivity contribution in [2.45, 2.75) is 66.7 Å². The number of allylic oxidation sites excluding steroid dienone is 1.